The molecule has 0 bridgehead atoms. The molecular weight excluding hydrogens is 146 g/mol. The summed E-state index contributed by atoms with van der Waals surface area (Å²) < 4.78 is 5.18. The molecule has 1 aliphatic heterocycles. The van der Waals surface area contributed by atoms with Gasteiger partial charge in [-0.25, -0.2) is 0 Å². The number of rotatable bonds is 2. The van der Waals surface area contributed by atoms with Crippen LogP contribution in [0.1, 0.15) is 6.42 Å². The van der Waals surface area contributed by atoms with E-state index in [1.165, 1.54) is 0 Å². The maximum absolute atomic E-state index is 9.35. The molecule has 0 spiro atoms. The summed E-state index contributed by atoms with van der Waals surface area (Å²) in [6.07, 6.45) is -0.271. The van der Waals surface area contributed by atoms with Crippen molar-refractivity contribution >= 4 is 0 Å². The number of aliphatic hydroxyl groups is 2. The summed E-state index contributed by atoms with van der Waals surface area (Å²) in [7, 11) is 1.83. The van der Waals surface area contributed by atoms with Gasteiger partial charge in [-0.2, -0.15) is 0 Å². The first-order chi connectivity index (χ1) is 5.27. The van der Waals surface area contributed by atoms with Crippen LogP contribution in [-0.4, -0.2) is 48.7 Å². The maximum Gasteiger partial charge on any atom is 0.106 e. The van der Waals surface area contributed by atoms with Crippen molar-refractivity contribution in [1.29, 1.82) is 0 Å². The molecule has 3 atom stereocenters. The van der Waals surface area contributed by atoms with E-state index >= 15 is 0 Å². The molecule has 0 amide bonds. The summed E-state index contributed by atoms with van der Waals surface area (Å²) in [5, 5.41) is 21.1. The maximum atomic E-state index is 9.35. The molecular formula is C7H15NO3. The minimum Gasteiger partial charge on any atom is -0.394 e. The smallest absolute Gasteiger partial charge is 0.106 e. The second kappa shape index (κ2) is 4.01. The first-order valence-electron chi connectivity index (χ1n) is 3.85. The van der Waals surface area contributed by atoms with Crippen LogP contribution in [0.3, 0.4) is 0 Å². The molecule has 1 saturated heterocycles. The minimum absolute atomic E-state index is 0.0996. The molecule has 0 aliphatic carbocycles. The van der Waals surface area contributed by atoms with Gasteiger partial charge in [0.2, 0.25) is 0 Å². The Kier molecular flexibility index (Phi) is 3.26. The SMILES string of the molecule is CNC1COC(CO)[C@@H](O)C1. The monoisotopic (exact) mass is 161 g/mol. The third-order valence-electron chi connectivity index (χ3n) is 2.05. The Morgan fingerprint density at radius 2 is 2.36 bits per heavy atom. The molecule has 0 saturated carbocycles. The average molecular weight is 161 g/mol. The van der Waals surface area contributed by atoms with Crippen molar-refractivity contribution in [1.82, 2.24) is 5.32 Å². The Labute approximate surface area is 66.2 Å². The van der Waals surface area contributed by atoms with E-state index in [1.54, 1.807) is 0 Å². The molecule has 0 aromatic heterocycles. The van der Waals surface area contributed by atoms with Crippen molar-refractivity contribution in [2.75, 3.05) is 20.3 Å². The fourth-order valence-electron chi connectivity index (χ4n) is 1.24. The van der Waals surface area contributed by atoms with Gasteiger partial charge in [-0.05, 0) is 13.5 Å². The lowest BCUT2D eigenvalue weighted by Gasteiger charge is -2.31. The molecule has 1 fully saturated rings. The van der Waals surface area contributed by atoms with Crippen molar-refractivity contribution in [3.63, 3.8) is 0 Å². The molecule has 11 heavy (non-hydrogen) atoms. The molecule has 0 aromatic rings. The zero-order chi connectivity index (χ0) is 8.27. The molecule has 0 aromatic carbocycles. The van der Waals surface area contributed by atoms with Gasteiger partial charge < -0.3 is 20.3 Å². The fraction of sp³-hybridized carbons (Fsp3) is 1.00. The lowest BCUT2D eigenvalue weighted by atomic mass is 10.0. The van der Waals surface area contributed by atoms with Gasteiger partial charge in [-0.15, -0.1) is 0 Å². The van der Waals surface area contributed by atoms with E-state index in [2.05, 4.69) is 5.32 Å². The van der Waals surface area contributed by atoms with E-state index in [1.807, 2.05) is 7.05 Å². The van der Waals surface area contributed by atoms with Crippen molar-refractivity contribution < 1.29 is 14.9 Å². The van der Waals surface area contributed by atoms with E-state index in [0.29, 0.717) is 13.0 Å². The highest BCUT2D eigenvalue weighted by molar-refractivity contribution is 4.80. The van der Waals surface area contributed by atoms with Crippen molar-refractivity contribution in [2.24, 2.45) is 0 Å². The van der Waals surface area contributed by atoms with E-state index in [0.717, 1.165) is 0 Å². The average Bonchev–Trinajstić information content (AvgIpc) is 2.04. The lowest BCUT2D eigenvalue weighted by molar-refractivity contribution is -0.105. The molecule has 1 aliphatic rings. The van der Waals surface area contributed by atoms with Crippen LogP contribution in [0.15, 0.2) is 0 Å². The standard InChI is InChI=1S/C7H15NO3/c1-8-5-2-6(10)7(3-9)11-4-5/h5-10H,2-4H2,1H3/t5?,6-,7?/m0/s1. The molecule has 2 unspecified atom stereocenters. The molecule has 4 nitrogen and oxygen atoms in total. The fourth-order valence-corrected chi connectivity index (χ4v) is 1.24. The Morgan fingerprint density at radius 1 is 1.64 bits per heavy atom. The van der Waals surface area contributed by atoms with Gasteiger partial charge in [0.25, 0.3) is 0 Å². The predicted molar refractivity (Wildman–Crippen MR) is 40.3 cm³/mol. The molecule has 1 heterocycles. The minimum atomic E-state index is -0.536. The van der Waals surface area contributed by atoms with Crippen molar-refractivity contribution in [3.05, 3.63) is 0 Å². The topological polar surface area (TPSA) is 61.7 Å². The van der Waals surface area contributed by atoms with Crippen LogP contribution in [0.4, 0.5) is 0 Å². The number of hydrogen-bond donors (Lipinski definition) is 3. The van der Waals surface area contributed by atoms with Gasteiger partial charge in [-0.3, -0.25) is 0 Å². The largest absolute Gasteiger partial charge is 0.394 e. The number of likely N-dealkylation sites (N-methyl/N-ethyl adjacent to an activating group) is 1. The van der Waals surface area contributed by atoms with E-state index in [9.17, 15) is 5.11 Å². The van der Waals surface area contributed by atoms with E-state index < -0.39 is 6.10 Å². The highest BCUT2D eigenvalue weighted by Gasteiger charge is 2.28. The zero-order valence-corrected chi connectivity index (χ0v) is 6.66. The van der Waals surface area contributed by atoms with Gasteiger partial charge in [0.15, 0.2) is 0 Å². The summed E-state index contributed by atoms with van der Waals surface area (Å²) in [6, 6.07) is 0.216. The second-order valence-electron chi connectivity index (χ2n) is 2.84. The van der Waals surface area contributed by atoms with Crippen LogP contribution in [0.5, 0.6) is 0 Å². The third-order valence-corrected chi connectivity index (χ3v) is 2.05. The number of aliphatic hydroxyl groups excluding tert-OH is 2. The van der Waals surface area contributed by atoms with Gasteiger partial charge in [0.05, 0.1) is 19.3 Å². The van der Waals surface area contributed by atoms with Gasteiger partial charge in [0.1, 0.15) is 6.10 Å². The quantitative estimate of drug-likeness (QED) is 0.472. The Bertz CT molecular complexity index is 120. The lowest BCUT2D eigenvalue weighted by Crippen LogP contribution is -2.47. The Morgan fingerprint density at radius 3 is 2.82 bits per heavy atom. The predicted octanol–water partition coefficient (Wildman–Crippen LogP) is -1.28. The first kappa shape index (κ1) is 8.93. The van der Waals surface area contributed by atoms with Gasteiger partial charge in [-0.1, -0.05) is 0 Å². The van der Waals surface area contributed by atoms with Crippen LogP contribution in [0.25, 0.3) is 0 Å². The third kappa shape index (κ3) is 2.13. The highest BCUT2D eigenvalue weighted by Crippen LogP contribution is 2.13. The first-order valence-corrected chi connectivity index (χ1v) is 3.85. The van der Waals surface area contributed by atoms with Crippen molar-refractivity contribution in [3.8, 4) is 0 Å². The number of hydrogen-bond acceptors (Lipinski definition) is 4. The molecule has 66 valence electrons. The summed E-state index contributed by atoms with van der Waals surface area (Å²) in [6.45, 7) is 0.469. The van der Waals surface area contributed by atoms with Crippen LogP contribution in [0.2, 0.25) is 0 Å². The van der Waals surface area contributed by atoms with Crippen LogP contribution < -0.4 is 5.32 Å². The molecule has 3 N–H and O–H groups in total. The van der Waals surface area contributed by atoms with Gasteiger partial charge in [0, 0.05) is 6.04 Å². The van der Waals surface area contributed by atoms with E-state index in [4.69, 9.17) is 9.84 Å². The second-order valence-corrected chi connectivity index (χ2v) is 2.84. The zero-order valence-electron chi connectivity index (χ0n) is 6.66. The molecule has 0 radical (unpaired) electrons. The van der Waals surface area contributed by atoms with Crippen molar-refractivity contribution in [2.45, 2.75) is 24.7 Å². The van der Waals surface area contributed by atoms with Gasteiger partial charge >= 0.3 is 0 Å². The number of ether oxygens (including phenoxy) is 1. The van der Waals surface area contributed by atoms with E-state index in [-0.39, 0.29) is 18.8 Å². The molecule has 1 rings (SSSR count). The summed E-state index contributed by atoms with van der Waals surface area (Å²) in [5.74, 6) is 0. The molecule has 4 heteroatoms. The number of nitrogens with one attached hydrogen (secondary N) is 1. The normalized spacial score (nSPS) is 39.0. The van der Waals surface area contributed by atoms with Crippen LogP contribution >= 0.6 is 0 Å². The van der Waals surface area contributed by atoms with Crippen LogP contribution in [0, 0.1) is 0 Å². The Balaban J connectivity index is 2.34. The summed E-state index contributed by atoms with van der Waals surface area (Å²) in [5.41, 5.74) is 0. The highest BCUT2D eigenvalue weighted by atomic mass is 16.5. The van der Waals surface area contributed by atoms with Crippen LogP contribution in [-0.2, 0) is 4.74 Å². The Hall–Kier alpha value is -0.160. The summed E-state index contributed by atoms with van der Waals surface area (Å²) in [4.78, 5) is 0. The summed E-state index contributed by atoms with van der Waals surface area (Å²) >= 11 is 0.